The Bertz CT molecular complexity index is 1380. The molecule has 1 atom stereocenters. The van der Waals surface area contributed by atoms with Gasteiger partial charge in [0.2, 0.25) is 5.91 Å². The summed E-state index contributed by atoms with van der Waals surface area (Å²) in [5.41, 5.74) is 5.79. The van der Waals surface area contributed by atoms with Gasteiger partial charge >= 0.3 is 0 Å². The highest BCUT2D eigenvalue weighted by Gasteiger charge is 2.37. The van der Waals surface area contributed by atoms with Gasteiger partial charge in [-0.25, -0.2) is 5.10 Å². The standard InChI is InChI=1S/C26H25N5O2/c1-15-14-27-24(17-6-7-17)22(15)28-21-12-13-31(26(21)33)18-10-8-16(9-11-18)23-19-4-2-3-5-20(19)25(32)30-29-23/h2-5,8-11,17,21,28H,6-7,12-14H2,1H3,(H,30,32). The molecule has 0 bridgehead atoms. The maximum Gasteiger partial charge on any atom is 0.272 e. The highest BCUT2D eigenvalue weighted by molar-refractivity contribution is 6.07. The number of allylic oxidation sites excluding steroid dienone is 1. The van der Waals surface area contributed by atoms with Crippen LogP contribution in [0.4, 0.5) is 5.69 Å². The third-order valence-electron chi connectivity index (χ3n) is 6.81. The number of nitrogens with one attached hydrogen (secondary N) is 2. The SMILES string of the molecule is CC1=C(NC2CCN(c3ccc(-c4n[nH]c(=O)c5ccccc45)cc3)C2=O)C(C2CC2)=NC1. The molecule has 33 heavy (non-hydrogen) atoms. The zero-order valence-electron chi connectivity index (χ0n) is 18.5. The van der Waals surface area contributed by atoms with Crippen molar-refractivity contribution in [3.05, 3.63) is 70.2 Å². The average Bonchev–Trinajstić information content (AvgIpc) is 3.53. The van der Waals surface area contributed by atoms with E-state index < -0.39 is 0 Å². The molecule has 7 heteroatoms. The van der Waals surface area contributed by atoms with Crippen LogP contribution in [0.25, 0.3) is 22.0 Å². The Morgan fingerprint density at radius 3 is 2.52 bits per heavy atom. The van der Waals surface area contributed by atoms with E-state index in [0.29, 0.717) is 17.8 Å². The van der Waals surface area contributed by atoms with Crippen molar-refractivity contribution in [3.63, 3.8) is 0 Å². The molecule has 1 unspecified atom stereocenters. The van der Waals surface area contributed by atoms with Crippen molar-refractivity contribution in [2.45, 2.75) is 32.2 Å². The van der Waals surface area contributed by atoms with Crippen LogP contribution in [0, 0.1) is 5.92 Å². The van der Waals surface area contributed by atoms with E-state index in [0.717, 1.165) is 41.0 Å². The van der Waals surface area contributed by atoms with Crippen LogP contribution in [0.1, 0.15) is 26.2 Å². The molecule has 3 aromatic rings. The van der Waals surface area contributed by atoms with Crippen LogP contribution >= 0.6 is 0 Å². The summed E-state index contributed by atoms with van der Waals surface area (Å²) in [5, 5.41) is 11.8. The number of aliphatic imine (C=N–C) groups is 1. The predicted molar refractivity (Wildman–Crippen MR) is 129 cm³/mol. The lowest BCUT2D eigenvalue weighted by molar-refractivity contribution is -0.118. The Balaban J connectivity index is 1.22. The molecule has 2 N–H and O–H groups in total. The largest absolute Gasteiger partial charge is 0.372 e. The molecule has 1 saturated heterocycles. The van der Waals surface area contributed by atoms with Crippen molar-refractivity contribution < 1.29 is 4.79 Å². The van der Waals surface area contributed by atoms with E-state index in [-0.39, 0.29) is 17.5 Å². The summed E-state index contributed by atoms with van der Waals surface area (Å²) < 4.78 is 0. The van der Waals surface area contributed by atoms with Gasteiger partial charge in [-0.2, -0.15) is 5.10 Å². The molecule has 1 saturated carbocycles. The van der Waals surface area contributed by atoms with E-state index in [9.17, 15) is 9.59 Å². The fourth-order valence-electron chi connectivity index (χ4n) is 4.85. The van der Waals surface area contributed by atoms with Crippen LogP contribution in [0.3, 0.4) is 0 Å². The van der Waals surface area contributed by atoms with Gasteiger partial charge in [-0.3, -0.25) is 14.6 Å². The van der Waals surface area contributed by atoms with Gasteiger partial charge in [0.05, 0.1) is 29.0 Å². The first-order chi connectivity index (χ1) is 16.1. The first kappa shape index (κ1) is 19.9. The predicted octanol–water partition coefficient (Wildman–Crippen LogP) is 3.42. The molecule has 3 aliphatic rings. The molecule has 2 aromatic carbocycles. The van der Waals surface area contributed by atoms with Gasteiger partial charge in [0.15, 0.2) is 0 Å². The minimum Gasteiger partial charge on any atom is -0.372 e. The second-order valence-corrected chi connectivity index (χ2v) is 9.10. The van der Waals surface area contributed by atoms with Gasteiger partial charge in [0.1, 0.15) is 6.04 Å². The maximum atomic E-state index is 13.2. The number of hydrogen-bond donors (Lipinski definition) is 2. The van der Waals surface area contributed by atoms with Crippen LogP contribution in [0.15, 0.2) is 69.6 Å². The molecule has 6 rings (SSSR count). The second kappa shape index (κ2) is 7.69. The number of amides is 1. The van der Waals surface area contributed by atoms with Crippen LogP contribution < -0.4 is 15.8 Å². The van der Waals surface area contributed by atoms with Gasteiger partial charge in [0.25, 0.3) is 5.56 Å². The molecular formula is C26H25N5O2. The minimum absolute atomic E-state index is 0.0951. The summed E-state index contributed by atoms with van der Waals surface area (Å²) in [5.74, 6) is 0.667. The normalized spacial score (nSPS) is 20.6. The van der Waals surface area contributed by atoms with Crippen molar-refractivity contribution in [1.82, 2.24) is 15.5 Å². The molecule has 0 radical (unpaired) electrons. The Kier molecular flexibility index (Phi) is 4.64. The number of aromatic amines is 1. The molecule has 2 fully saturated rings. The number of carbonyl (C=O) groups excluding carboxylic acids is 1. The molecule has 3 heterocycles. The molecule has 1 amide bonds. The van der Waals surface area contributed by atoms with Gasteiger partial charge in [-0.1, -0.05) is 30.3 Å². The maximum absolute atomic E-state index is 13.2. The summed E-state index contributed by atoms with van der Waals surface area (Å²) in [6, 6.07) is 15.0. The number of fused-ring (bicyclic) bond motifs is 1. The number of nitrogens with zero attached hydrogens (tertiary/aromatic N) is 3. The van der Waals surface area contributed by atoms with Crippen LogP contribution in [-0.2, 0) is 4.79 Å². The number of rotatable bonds is 5. The minimum atomic E-state index is -0.221. The summed E-state index contributed by atoms with van der Waals surface area (Å²) >= 11 is 0. The van der Waals surface area contributed by atoms with Gasteiger partial charge < -0.3 is 10.2 Å². The van der Waals surface area contributed by atoms with Crippen molar-refractivity contribution in [1.29, 1.82) is 0 Å². The molecule has 166 valence electrons. The van der Waals surface area contributed by atoms with Gasteiger partial charge in [-0.15, -0.1) is 0 Å². The second-order valence-electron chi connectivity index (χ2n) is 9.10. The Hall–Kier alpha value is -3.74. The van der Waals surface area contributed by atoms with Gasteiger partial charge in [-0.05, 0) is 50.0 Å². The first-order valence-corrected chi connectivity index (χ1v) is 11.5. The highest BCUT2D eigenvalue weighted by atomic mass is 16.2. The summed E-state index contributed by atoms with van der Waals surface area (Å²) in [6.07, 6.45) is 3.17. The lowest BCUT2D eigenvalue weighted by Crippen LogP contribution is -2.39. The third kappa shape index (κ3) is 3.44. The van der Waals surface area contributed by atoms with Crippen molar-refractivity contribution >= 4 is 28.1 Å². The third-order valence-corrected chi connectivity index (χ3v) is 6.81. The van der Waals surface area contributed by atoms with E-state index in [1.807, 2.05) is 47.4 Å². The number of carbonyl (C=O) groups is 1. The first-order valence-electron chi connectivity index (χ1n) is 11.5. The number of anilines is 1. The van der Waals surface area contributed by atoms with Crippen molar-refractivity contribution in [2.75, 3.05) is 18.0 Å². The summed E-state index contributed by atoms with van der Waals surface area (Å²) in [7, 11) is 0. The lowest BCUT2D eigenvalue weighted by atomic mass is 10.0. The van der Waals surface area contributed by atoms with Crippen LogP contribution in [0.2, 0.25) is 0 Å². The molecule has 0 spiro atoms. The van der Waals surface area contributed by atoms with E-state index in [4.69, 9.17) is 4.99 Å². The van der Waals surface area contributed by atoms with E-state index in [1.165, 1.54) is 24.1 Å². The fourth-order valence-corrected chi connectivity index (χ4v) is 4.85. The molecular weight excluding hydrogens is 414 g/mol. The zero-order chi connectivity index (χ0) is 22.5. The Morgan fingerprint density at radius 1 is 1.00 bits per heavy atom. The lowest BCUT2D eigenvalue weighted by Gasteiger charge is -2.19. The smallest absolute Gasteiger partial charge is 0.272 e. The molecule has 2 aliphatic heterocycles. The Morgan fingerprint density at radius 2 is 1.76 bits per heavy atom. The quantitative estimate of drug-likeness (QED) is 0.637. The number of aromatic nitrogens is 2. The van der Waals surface area contributed by atoms with E-state index in [2.05, 4.69) is 22.4 Å². The topological polar surface area (TPSA) is 90.5 Å². The van der Waals surface area contributed by atoms with Crippen molar-refractivity contribution in [3.8, 4) is 11.3 Å². The number of hydrogen-bond acceptors (Lipinski definition) is 5. The highest BCUT2D eigenvalue weighted by Crippen LogP contribution is 2.36. The zero-order valence-corrected chi connectivity index (χ0v) is 18.5. The average molecular weight is 440 g/mol. The number of H-pyrrole nitrogens is 1. The van der Waals surface area contributed by atoms with E-state index >= 15 is 0 Å². The molecule has 1 aliphatic carbocycles. The van der Waals surface area contributed by atoms with Crippen LogP contribution in [-0.4, -0.2) is 40.9 Å². The van der Waals surface area contributed by atoms with Crippen molar-refractivity contribution in [2.24, 2.45) is 10.9 Å². The summed E-state index contributed by atoms with van der Waals surface area (Å²) in [4.78, 5) is 31.8. The monoisotopic (exact) mass is 439 g/mol. The van der Waals surface area contributed by atoms with Crippen LogP contribution in [0.5, 0.6) is 0 Å². The summed E-state index contributed by atoms with van der Waals surface area (Å²) in [6.45, 7) is 3.53. The van der Waals surface area contributed by atoms with Gasteiger partial charge in [0, 0.05) is 29.1 Å². The molecule has 7 nitrogen and oxygen atoms in total. The van der Waals surface area contributed by atoms with E-state index in [1.54, 1.807) is 6.07 Å². The Labute approximate surface area is 191 Å². The fraction of sp³-hybridized carbons (Fsp3) is 0.308. The molecule has 1 aromatic heterocycles. The number of benzene rings is 2.